The van der Waals surface area contributed by atoms with E-state index < -0.39 is 0 Å². The maximum absolute atomic E-state index is 13.3. The lowest BCUT2D eigenvalue weighted by Gasteiger charge is -2.38. The number of carbonyl (C=O) groups excluding carboxylic acids is 1. The normalized spacial score (nSPS) is 21.4. The van der Waals surface area contributed by atoms with Gasteiger partial charge in [-0.3, -0.25) is 0 Å². The topological polar surface area (TPSA) is 41.6 Å². The van der Waals surface area contributed by atoms with Gasteiger partial charge in [-0.05, 0) is 74.3 Å². The van der Waals surface area contributed by atoms with Crippen molar-refractivity contribution in [2.45, 2.75) is 57.2 Å². The van der Waals surface area contributed by atoms with Crippen LogP contribution in [0.25, 0.3) is 0 Å². The Labute approximate surface area is 172 Å². The molecule has 0 heterocycles. The molecule has 0 aliphatic heterocycles. The first kappa shape index (κ1) is 19.7. The minimum atomic E-state index is -0.342. The molecular formula is C24H29FN2O2. The summed E-state index contributed by atoms with van der Waals surface area (Å²) in [4.78, 5) is 14.6. The number of rotatable bonds is 7. The van der Waals surface area contributed by atoms with Crippen molar-refractivity contribution in [2.75, 3.05) is 11.4 Å². The largest absolute Gasteiger partial charge is 0.445 e. The molecule has 154 valence electrons. The number of anilines is 1. The highest BCUT2D eigenvalue weighted by Crippen LogP contribution is 2.35. The lowest BCUT2D eigenvalue weighted by molar-refractivity contribution is 0.132. The van der Waals surface area contributed by atoms with Crippen LogP contribution >= 0.6 is 0 Å². The third-order valence-electron chi connectivity index (χ3n) is 5.98. The number of nitrogens with zero attached hydrogens (tertiary/aromatic N) is 1. The van der Waals surface area contributed by atoms with Crippen molar-refractivity contribution in [2.24, 2.45) is 5.92 Å². The van der Waals surface area contributed by atoms with Crippen molar-refractivity contribution in [3.63, 3.8) is 0 Å². The van der Waals surface area contributed by atoms with E-state index in [1.54, 1.807) is 12.1 Å². The number of ether oxygens (including phenoxy) is 1. The maximum atomic E-state index is 13.3. The van der Waals surface area contributed by atoms with Gasteiger partial charge in [-0.15, -0.1) is 0 Å². The van der Waals surface area contributed by atoms with Crippen LogP contribution in [0.3, 0.4) is 0 Å². The number of nitrogens with one attached hydrogen (secondary N) is 1. The Balaban J connectivity index is 1.27. The van der Waals surface area contributed by atoms with Crippen LogP contribution in [-0.4, -0.2) is 24.7 Å². The van der Waals surface area contributed by atoms with Crippen LogP contribution in [0.2, 0.25) is 0 Å². The van der Waals surface area contributed by atoms with E-state index >= 15 is 0 Å². The second kappa shape index (κ2) is 9.29. The fraction of sp³-hybridized carbons (Fsp3) is 0.458. The molecule has 0 atom stereocenters. The SMILES string of the molecule is O=C(N[C@H]1CC[C@H](N(CC2CC2)c2ccc(F)cc2)CC1)OCc1ccccc1. The van der Waals surface area contributed by atoms with Gasteiger partial charge >= 0.3 is 6.09 Å². The molecule has 1 N–H and O–H groups in total. The van der Waals surface area contributed by atoms with Crippen LogP contribution in [0, 0.1) is 11.7 Å². The number of halogens is 1. The van der Waals surface area contributed by atoms with Crippen LogP contribution in [0.4, 0.5) is 14.9 Å². The van der Waals surface area contributed by atoms with Crippen LogP contribution in [0.15, 0.2) is 54.6 Å². The molecule has 0 radical (unpaired) electrons. The summed E-state index contributed by atoms with van der Waals surface area (Å²) >= 11 is 0. The molecule has 2 aliphatic rings. The number of alkyl carbamates (subject to hydrolysis) is 1. The van der Waals surface area contributed by atoms with Crippen molar-refractivity contribution in [1.29, 1.82) is 0 Å². The molecule has 0 aromatic heterocycles. The fourth-order valence-electron chi connectivity index (χ4n) is 4.14. The average molecular weight is 397 g/mol. The first-order chi connectivity index (χ1) is 14.2. The highest BCUT2D eigenvalue weighted by molar-refractivity contribution is 5.67. The molecule has 2 aliphatic carbocycles. The lowest BCUT2D eigenvalue weighted by atomic mass is 9.89. The monoisotopic (exact) mass is 396 g/mol. The van der Waals surface area contributed by atoms with E-state index in [0.29, 0.717) is 12.6 Å². The molecule has 2 aromatic carbocycles. The van der Waals surface area contributed by atoms with E-state index in [0.717, 1.165) is 49.4 Å². The second-order valence-corrected chi connectivity index (χ2v) is 8.28. The summed E-state index contributed by atoms with van der Waals surface area (Å²) in [6, 6.07) is 17.2. The van der Waals surface area contributed by atoms with Crippen molar-refractivity contribution >= 4 is 11.8 Å². The second-order valence-electron chi connectivity index (χ2n) is 8.28. The first-order valence-electron chi connectivity index (χ1n) is 10.7. The summed E-state index contributed by atoms with van der Waals surface area (Å²) in [5, 5.41) is 3.02. The van der Waals surface area contributed by atoms with Crippen molar-refractivity contribution in [3.05, 3.63) is 66.0 Å². The number of benzene rings is 2. The molecule has 0 bridgehead atoms. The van der Waals surface area contributed by atoms with Crippen molar-refractivity contribution in [1.82, 2.24) is 5.32 Å². The number of hydrogen-bond donors (Lipinski definition) is 1. The van der Waals surface area contributed by atoms with Gasteiger partial charge < -0.3 is 15.0 Å². The van der Waals surface area contributed by atoms with Crippen LogP contribution in [0.5, 0.6) is 0 Å². The van der Waals surface area contributed by atoms with E-state index in [4.69, 9.17) is 4.74 Å². The van der Waals surface area contributed by atoms with Gasteiger partial charge in [-0.2, -0.15) is 0 Å². The Hall–Kier alpha value is -2.56. The zero-order chi connectivity index (χ0) is 20.1. The van der Waals surface area contributed by atoms with E-state index in [2.05, 4.69) is 10.2 Å². The highest BCUT2D eigenvalue weighted by atomic mass is 19.1. The number of hydrogen-bond acceptors (Lipinski definition) is 3. The molecular weight excluding hydrogens is 367 g/mol. The van der Waals surface area contributed by atoms with Gasteiger partial charge in [0, 0.05) is 24.3 Å². The summed E-state index contributed by atoms with van der Waals surface area (Å²) in [6.07, 6.45) is 6.16. The maximum Gasteiger partial charge on any atom is 0.407 e. The molecule has 0 saturated heterocycles. The Morgan fingerprint density at radius 2 is 1.66 bits per heavy atom. The Morgan fingerprint density at radius 1 is 0.966 bits per heavy atom. The quantitative estimate of drug-likeness (QED) is 0.692. The zero-order valence-corrected chi connectivity index (χ0v) is 16.7. The molecule has 29 heavy (non-hydrogen) atoms. The molecule has 0 spiro atoms. The van der Waals surface area contributed by atoms with Gasteiger partial charge in [0.15, 0.2) is 0 Å². The smallest absolute Gasteiger partial charge is 0.407 e. The molecule has 4 rings (SSSR count). The fourth-order valence-corrected chi connectivity index (χ4v) is 4.14. The summed E-state index contributed by atoms with van der Waals surface area (Å²) in [7, 11) is 0. The molecule has 4 nitrogen and oxygen atoms in total. The summed E-state index contributed by atoms with van der Waals surface area (Å²) < 4.78 is 18.7. The van der Waals surface area contributed by atoms with Gasteiger partial charge in [-0.25, -0.2) is 9.18 Å². The van der Waals surface area contributed by atoms with E-state index in [9.17, 15) is 9.18 Å². The van der Waals surface area contributed by atoms with Crippen molar-refractivity contribution < 1.29 is 13.9 Å². The standard InChI is InChI=1S/C24H29FN2O2/c25-20-8-12-22(13-9-20)27(16-18-6-7-18)23-14-10-21(11-15-23)26-24(28)29-17-19-4-2-1-3-5-19/h1-5,8-9,12-13,18,21,23H,6-7,10-11,14-17H2,(H,26,28)/t21-,23-. The number of carbonyl (C=O) groups is 1. The number of amides is 1. The van der Waals surface area contributed by atoms with Gasteiger partial charge in [0.05, 0.1) is 0 Å². The van der Waals surface area contributed by atoms with E-state index in [1.807, 2.05) is 42.5 Å². The van der Waals surface area contributed by atoms with Crippen LogP contribution in [-0.2, 0) is 11.3 Å². The summed E-state index contributed by atoms with van der Waals surface area (Å²) in [5.74, 6) is 0.575. The Kier molecular flexibility index (Phi) is 6.33. The van der Waals surface area contributed by atoms with Crippen LogP contribution in [0.1, 0.15) is 44.1 Å². The molecule has 2 saturated carbocycles. The van der Waals surface area contributed by atoms with E-state index in [-0.39, 0.29) is 18.0 Å². The lowest BCUT2D eigenvalue weighted by Crippen LogP contribution is -2.45. The predicted octanol–water partition coefficient (Wildman–Crippen LogP) is 5.28. The average Bonchev–Trinajstić information content (AvgIpc) is 3.57. The summed E-state index contributed by atoms with van der Waals surface area (Å²) in [6.45, 7) is 1.34. The van der Waals surface area contributed by atoms with Crippen LogP contribution < -0.4 is 10.2 Å². The minimum Gasteiger partial charge on any atom is -0.445 e. The summed E-state index contributed by atoms with van der Waals surface area (Å²) in [5.41, 5.74) is 2.10. The molecule has 2 fully saturated rings. The van der Waals surface area contributed by atoms with Gasteiger partial charge in [0.1, 0.15) is 12.4 Å². The van der Waals surface area contributed by atoms with Gasteiger partial charge in [0.25, 0.3) is 0 Å². The third-order valence-corrected chi connectivity index (χ3v) is 5.98. The molecule has 0 unspecified atom stereocenters. The first-order valence-corrected chi connectivity index (χ1v) is 10.7. The zero-order valence-electron chi connectivity index (χ0n) is 16.7. The van der Waals surface area contributed by atoms with E-state index in [1.165, 1.54) is 12.8 Å². The molecule has 1 amide bonds. The minimum absolute atomic E-state index is 0.158. The molecule has 2 aromatic rings. The Morgan fingerprint density at radius 3 is 2.31 bits per heavy atom. The molecule has 5 heteroatoms. The predicted molar refractivity (Wildman–Crippen MR) is 112 cm³/mol. The van der Waals surface area contributed by atoms with Gasteiger partial charge in [-0.1, -0.05) is 30.3 Å². The highest BCUT2D eigenvalue weighted by Gasteiger charge is 2.31. The van der Waals surface area contributed by atoms with Crippen molar-refractivity contribution in [3.8, 4) is 0 Å². The van der Waals surface area contributed by atoms with Gasteiger partial charge in [0.2, 0.25) is 0 Å². The third kappa shape index (κ3) is 5.72. The Bertz CT molecular complexity index is 784.